The lowest BCUT2D eigenvalue weighted by atomic mass is 10.1. The fourth-order valence-corrected chi connectivity index (χ4v) is 3.19. The third-order valence-corrected chi connectivity index (χ3v) is 4.29. The van der Waals surface area contributed by atoms with Crippen molar-refractivity contribution in [2.75, 3.05) is 19.6 Å². The van der Waals surface area contributed by atoms with Gasteiger partial charge in [0.1, 0.15) is 0 Å². The third-order valence-electron chi connectivity index (χ3n) is 4.29. The Kier molecular flexibility index (Phi) is 5.98. The summed E-state index contributed by atoms with van der Waals surface area (Å²) in [5, 5.41) is 3.25. The molecule has 1 aliphatic carbocycles. The predicted molar refractivity (Wildman–Crippen MR) is 74.5 cm³/mol. The number of nitrogens with one attached hydrogen (secondary N) is 1. The van der Waals surface area contributed by atoms with Crippen LogP contribution in [0.25, 0.3) is 0 Å². The number of nitrogens with zero attached hydrogens (tertiary/aromatic N) is 1. The molecule has 0 bridgehead atoms. The molecule has 0 atom stereocenters. The summed E-state index contributed by atoms with van der Waals surface area (Å²) in [6.45, 7) is 2.84. The van der Waals surface area contributed by atoms with Gasteiger partial charge in [-0.1, -0.05) is 38.5 Å². The van der Waals surface area contributed by atoms with Crippen molar-refractivity contribution in [3.63, 3.8) is 0 Å². The van der Waals surface area contributed by atoms with Crippen LogP contribution in [-0.4, -0.2) is 36.5 Å². The summed E-state index contributed by atoms with van der Waals surface area (Å²) in [7, 11) is 0. The number of likely N-dealkylation sites (tertiary alicyclic amines) is 1. The lowest BCUT2D eigenvalue weighted by Gasteiger charge is -2.22. The Bertz CT molecular complexity index is 215. The van der Waals surface area contributed by atoms with Crippen LogP contribution in [0.2, 0.25) is 0 Å². The van der Waals surface area contributed by atoms with Crippen molar-refractivity contribution < 1.29 is 4.79 Å². The van der Waals surface area contributed by atoms with Gasteiger partial charge < -0.3 is 5.32 Å². The highest BCUT2D eigenvalue weighted by Crippen LogP contribution is 2.17. The molecule has 1 amide bonds. The smallest absolute Gasteiger partial charge is 0.234 e. The van der Waals surface area contributed by atoms with Gasteiger partial charge in [0.15, 0.2) is 0 Å². The highest BCUT2D eigenvalue weighted by molar-refractivity contribution is 5.78. The van der Waals surface area contributed by atoms with Crippen LogP contribution >= 0.6 is 0 Å². The van der Waals surface area contributed by atoms with Crippen molar-refractivity contribution in [1.29, 1.82) is 0 Å². The fourth-order valence-electron chi connectivity index (χ4n) is 3.19. The van der Waals surface area contributed by atoms with E-state index in [9.17, 15) is 4.79 Å². The molecule has 104 valence electrons. The Labute approximate surface area is 111 Å². The number of rotatable bonds is 3. The fraction of sp³-hybridized carbons (Fsp3) is 0.933. The van der Waals surface area contributed by atoms with E-state index in [2.05, 4.69) is 10.2 Å². The van der Waals surface area contributed by atoms with Gasteiger partial charge in [-0.05, 0) is 38.8 Å². The van der Waals surface area contributed by atoms with Crippen LogP contribution in [0.15, 0.2) is 0 Å². The van der Waals surface area contributed by atoms with E-state index >= 15 is 0 Å². The van der Waals surface area contributed by atoms with E-state index < -0.39 is 0 Å². The second kappa shape index (κ2) is 7.78. The molecule has 1 aliphatic heterocycles. The molecule has 2 aliphatic rings. The summed E-state index contributed by atoms with van der Waals surface area (Å²) in [4.78, 5) is 14.4. The van der Waals surface area contributed by atoms with Gasteiger partial charge >= 0.3 is 0 Å². The summed E-state index contributed by atoms with van der Waals surface area (Å²) in [6.07, 6.45) is 12.8. The van der Waals surface area contributed by atoms with Crippen molar-refractivity contribution in [3.05, 3.63) is 0 Å². The van der Waals surface area contributed by atoms with Crippen molar-refractivity contribution in [2.24, 2.45) is 0 Å². The first kappa shape index (κ1) is 13.9. The largest absolute Gasteiger partial charge is 0.352 e. The van der Waals surface area contributed by atoms with E-state index in [1.54, 1.807) is 0 Å². The van der Waals surface area contributed by atoms with Gasteiger partial charge in [-0.2, -0.15) is 0 Å². The number of hydrogen-bond acceptors (Lipinski definition) is 2. The molecule has 1 N–H and O–H groups in total. The molecule has 0 aromatic rings. The van der Waals surface area contributed by atoms with Gasteiger partial charge in [0.05, 0.1) is 6.54 Å². The first-order valence-electron chi connectivity index (χ1n) is 7.86. The van der Waals surface area contributed by atoms with E-state index in [0.29, 0.717) is 12.6 Å². The molecule has 0 spiro atoms. The van der Waals surface area contributed by atoms with Gasteiger partial charge in [-0.3, -0.25) is 9.69 Å². The SMILES string of the molecule is O=C(CN1CCCCCC1)NC1CCCCCC1. The van der Waals surface area contributed by atoms with Crippen LogP contribution in [0.5, 0.6) is 0 Å². The van der Waals surface area contributed by atoms with Gasteiger partial charge in [-0.15, -0.1) is 0 Å². The maximum atomic E-state index is 12.1. The minimum Gasteiger partial charge on any atom is -0.352 e. The standard InChI is InChI=1S/C15H28N2O/c18-15(13-17-11-7-3-4-8-12-17)16-14-9-5-1-2-6-10-14/h14H,1-13H2,(H,16,18). The first-order chi connectivity index (χ1) is 8.84. The number of carbonyl (C=O) groups excluding carboxylic acids is 1. The monoisotopic (exact) mass is 252 g/mol. The second-order valence-corrected chi connectivity index (χ2v) is 5.95. The first-order valence-corrected chi connectivity index (χ1v) is 7.86. The third kappa shape index (κ3) is 4.97. The lowest BCUT2D eigenvalue weighted by molar-refractivity contribution is -0.123. The normalized spacial score (nSPS) is 24.2. The van der Waals surface area contributed by atoms with Gasteiger partial charge in [-0.25, -0.2) is 0 Å². The molecule has 0 aromatic heterocycles. The van der Waals surface area contributed by atoms with E-state index in [4.69, 9.17) is 0 Å². The molecular formula is C15H28N2O. The summed E-state index contributed by atoms with van der Waals surface area (Å²) < 4.78 is 0. The zero-order valence-corrected chi connectivity index (χ0v) is 11.6. The molecule has 0 aromatic carbocycles. The minimum absolute atomic E-state index is 0.254. The highest BCUT2D eigenvalue weighted by Gasteiger charge is 2.17. The van der Waals surface area contributed by atoms with Crippen LogP contribution in [-0.2, 0) is 4.79 Å². The number of amides is 1. The lowest BCUT2D eigenvalue weighted by Crippen LogP contribution is -2.42. The molecule has 0 radical (unpaired) electrons. The van der Waals surface area contributed by atoms with E-state index in [0.717, 1.165) is 13.1 Å². The van der Waals surface area contributed by atoms with Gasteiger partial charge in [0.2, 0.25) is 5.91 Å². The Balaban J connectivity index is 1.69. The minimum atomic E-state index is 0.254. The second-order valence-electron chi connectivity index (χ2n) is 5.95. The van der Waals surface area contributed by atoms with Crippen molar-refractivity contribution in [3.8, 4) is 0 Å². The number of carbonyl (C=O) groups is 1. The highest BCUT2D eigenvalue weighted by atomic mass is 16.2. The molecule has 2 rings (SSSR count). The maximum Gasteiger partial charge on any atom is 0.234 e. The summed E-state index contributed by atoms with van der Waals surface area (Å²) in [5.74, 6) is 0.254. The van der Waals surface area contributed by atoms with E-state index in [-0.39, 0.29) is 5.91 Å². The van der Waals surface area contributed by atoms with E-state index in [1.165, 1.54) is 64.2 Å². The molecule has 3 nitrogen and oxygen atoms in total. The Morgan fingerprint density at radius 1 is 0.889 bits per heavy atom. The Morgan fingerprint density at radius 3 is 2.06 bits per heavy atom. The maximum absolute atomic E-state index is 12.1. The average Bonchev–Trinajstić information content (AvgIpc) is 2.74. The van der Waals surface area contributed by atoms with Crippen LogP contribution < -0.4 is 5.32 Å². The van der Waals surface area contributed by atoms with Crippen molar-refractivity contribution in [2.45, 2.75) is 70.3 Å². The van der Waals surface area contributed by atoms with Crippen LogP contribution in [0.1, 0.15) is 64.2 Å². The number of hydrogen-bond donors (Lipinski definition) is 1. The molecular weight excluding hydrogens is 224 g/mol. The van der Waals surface area contributed by atoms with E-state index in [1.807, 2.05) is 0 Å². The predicted octanol–water partition coefficient (Wildman–Crippen LogP) is 2.70. The molecule has 2 fully saturated rings. The molecule has 1 saturated carbocycles. The molecule has 1 heterocycles. The zero-order chi connectivity index (χ0) is 12.6. The van der Waals surface area contributed by atoms with Crippen LogP contribution in [0.3, 0.4) is 0 Å². The average molecular weight is 252 g/mol. The molecule has 3 heteroatoms. The topological polar surface area (TPSA) is 32.3 Å². The Hall–Kier alpha value is -0.570. The summed E-state index contributed by atoms with van der Waals surface area (Å²) in [5.41, 5.74) is 0. The summed E-state index contributed by atoms with van der Waals surface area (Å²) >= 11 is 0. The van der Waals surface area contributed by atoms with Gasteiger partial charge in [0, 0.05) is 6.04 Å². The summed E-state index contributed by atoms with van der Waals surface area (Å²) in [6, 6.07) is 0.451. The van der Waals surface area contributed by atoms with Crippen LogP contribution in [0.4, 0.5) is 0 Å². The molecule has 1 saturated heterocycles. The molecule has 18 heavy (non-hydrogen) atoms. The Morgan fingerprint density at radius 2 is 1.44 bits per heavy atom. The quantitative estimate of drug-likeness (QED) is 0.783. The zero-order valence-electron chi connectivity index (χ0n) is 11.6. The van der Waals surface area contributed by atoms with Crippen LogP contribution in [0, 0.1) is 0 Å². The van der Waals surface area contributed by atoms with Gasteiger partial charge in [0.25, 0.3) is 0 Å². The van der Waals surface area contributed by atoms with Crippen molar-refractivity contribution in [1.82, 2.24) is 10.2 Å². The molecule has 0 unspecified atom stereocenters. The van der Waals surface area contributed by atoms with Crippen molar-refractivity contribution >= 4 is 5.91 Å².